The van der Waals surface area contributed by atoms with Crippen LogP contribution in [0.2, 0.25) is 0 Å². The summed E-state index contributed by atoms with van der Waals surface area (Å²) in [5, 5.41) is 11.9. The number of Topliss-reactive ketones (excluding diaryl/α,β-unsaturated/α-hetero) is 1. The fraction of sp³-hybridized carbons (Fsp3) is 0.435. The van der Waals surface area contributed by atoms with Crippen molar-refractivity contribution in [3.05, 3.63) is 57.3 Å². The first-order valence-electron chi connectivity index (χ1n) is 9.67. The van der Waals surface area contributed by atoms with E-state index >= 15 is 0 Å². The first-order chi connectivity index (χ1) is 12.6. The summed E-state index contributed by atoms with van der Waals surface area (Å²) in [7, 11) is 0. The first-order valence-corrected chi connectivity index (χ1v) is 10.5. The molecule has 2 aromatic rings. The van der Waals surface area contributed by atoms with E-state index in [1.165, 1.54) is 16.0 Å². The smallest absolute Gasteiger partial charge is 0.165 e. The average molecular weight is 365 g/mol. The molecule has 1 heterocycles. The van der Waals surface area contributed by atoms with Gasteiger partial charge in [-0.2, -0.15) is 0 Å². The summed E-state index contributed by atoms with van der Waals surface area (Å²) in [6.45, 7) is 2.22. The van der Waals surface area contributed by atoms with Gasteiger partial charge in [0.1, 0.15) is 5.75 Å². The highest BCUT2D eigenvalue weighted by Gasteiger charge is 2.56. The third kappa shape index (κ3) is 2.33. The van der Waals surface area contributed by atoms with Crippen LogP contribution in [0.5, 0.6) is 5.75 Å². The summed E-state index contributed by atoms with van der Waals surface area (Å²) in [6.07, 6.45) is 7.31. The Morgan fingerprint density at radius 1 is 1.27 bits per heavy atom. The van der Waals surface area contributed by atoms with Gasteiger partial charge in [0.25, 0.3) is 0 Å². The Hall–Kier alpha value is -1.87. The zero-order chi connectivity index (χ0) is 17.9. The Morgan fingerprint density at radius 2 is 2.15 bits per heavy atom. The van der Waals surface area contributed by atoms with Gasteiger partial charge in [0, 0.05) is 10.3 Å². The van der Waals surface area contributed by atoms with Crippen LogP contribution < -0.4 is 0 Å². The van der Waals surface area contributed by atoms with Crippen LogP contribution in [-0.2, 0) is 11.2 Å². The molecule has 0 unspecified atom stereocenters. The minimum absolute atomic E-state index is 0.182. The van der Waals surface area contributed by atoms with Gasteiger partial charge < -0.3 is 5.11 Å². The summed E-state index contributed by atoms with van der Waals surface area (Å²) >= 11 is 1.71. The zero-order valence-electron chi connectivity index (χ0n) is 15.1. The standard InChI is InChI=1S/C23H24O2S/c1-23-9-8-19-18-7-5-16(24)11-14(18)4-6-20(19)21(23)13-15(22(23)25)12-17-3-2-10-26-17/h2-3,5,7,10-12,19-21,24H,4,6,8-9,13H2,1H3/t19-,20-,21+,23+/m1/s1. The topological polar surface area (TPSA) is 37.3 Å². The van der Waals surface area contributed by atoms with Gasteiger partial charge in [0.15, 0.2) is 5.78 Å². The van der Waals surface area contributed by atoms with E-state index < -0.39 is 0 Å². The summed E-state index contributed by atoms with van der Waals surface area (Å²) in [4.78, 5) is 14.4. The maximum atomic E-state index is 13.3. The van der Waals surface area contributed by atoms with Gasteiger partial charge in [-0.15, -0.1) is 11.3 Å². The van der Waals surface area contributed by atoms with E-state index in [0.717, 1.165) is 37.7 Å². The number of carbonyl (C=O) groups excluding carboxylic acids is 1. The zero-order valence-corrected chi connectivity index (χ0v) is 15.9. The van der Waals surface area contributed by atoms with Crippen molar-refractivity contribution in [1.82, 2.24) is 0 Å². The molecule has 1 aromatic heterocycles. The Labute approximate surface area is 158 Å². The van der Waals surface area contributed by atoms with Crippen LogP contribution in [0.3, 0.4) is 0 Å². The van der Waals surface area contributed by atoms with E-state index in [4.69, 9.17) is 0 Å². The van der Waals surface area contributed by atoms with E-state index in [0.29, 0.717) is 29.3 Å². The van der Waals surface area contributed by atoms with Crippen molar-refractivity contribution < 1.29 is 9.90 Å². The molecule has 0 spiro atoms. The number of aryl methyl sites for hydroxylation is 1. The number of hydrogen-bond donors (Lipinski definition) is 1. The lowest BCUT2D eigenvalue weighted by molar-refractivity contribution is -0.127. The number of thiophene rings is 1. The molecule has 5 rings (SSSR count). The van der Waals surface area contributed by atoms with Gasteiger partial charge in [0.2, 0.25) is 0 Å². The molecule has 1 N–H and O–H groups in total. The van der Waals surface area contributed by atoms with Crippen molar-refractivity contribution in [3.63, 3.8) is 0 Å². The van der Waals surface area contributed by atoms with Crippen molar-refractivity contribution in [2.75, 3.05) is 0 Å². The van der Waals surface area contributed by atoms with Crippen molar-refractivity contribution >= 4 is 23.2 Å². The minimum Gasteiger partial charge on any atom is -0.508 e. The van der Waals surface area contributed by atoms with Gasteiger partial charge in [-0.1, -0.05) is 19.1 Å². The number of ketones is 1. The number of phenols is 1. The third-order valence-corrected chi connectivity index (χ3v) is 8.03. The Balaban J connectivity index is 1.51. The van der Waals surface area contributed by atoms with E-state index in [1.54, 1.807) is 11.3 Å². The molecule has 3 aliphatic rings. The van der Waals surface area contributed by atoms with Gasteiger partial charge in [0.05, 0.1) is 0 Å². The number of rotatable bonds is 1. The second-order valence-corrected chi connectivity index (χ2v) is 9.45. The number of phenolic OH excluding ortho intramolecular Hbond substituents is 1. The SMILES string of the molecule is C[C@]12CC[C@@H]3c4ccc(O)cc4CC[C@H]3[C@@H]1CC(=Cc1cccs1)C2=O. The van der Waals surface area contributed by atoms with Crippen LogP contribution in [0.15, 0.2) is 41.3 Å². The van der Waals surface area contributed by atoms with Crippen LogP contribution in [0.1, 0.15) is 54.5 Å². The maximum absolute atomic E-state index is 13.3. The van der Waals surface area contributed by atoms with Gasteiger partial charge in [-0.25, -0.2) is 0 Å². The monoisotopic (exact) mass is 364 g/mol. The van der Waals surface area contributed by atoms with Gasteiger partial charge in [-0.3, -0.25) is 4.79 Å². The quantitative estimate of drug-likeness (QED) is 0.672. The highest BCUT2D eigenvalue weighted by Crippen LogP contribution is 2.60. The number of hydrogen-bond acceptors (Lipinski definition) is 3. The molecule has 1 aromatic carbocycles. The second kappa shape index (κ2) is 5.82. The van der Waals surface area contributed by atoms with Crippen LogP contribution in [0.25, 0.3) is 6.08 Å². The molecule has 0 saturated heterocycles. The summed E-state index contributed by atoms with van der Waals surface area (Å²) in [5.74, 6) is 2.36. The van der Waals surface area contributed by atoms with Gasteiger partial charge >= 0.3 is 0 Å². The maximum Gasteiger partial charge on any atom is 0.165 e. The van der Waals surface area contributed by atoms with Gasteiger partial charge in [-0.05, 0) is 96.2 Å². The number of carbonyl (C=O) groups is 1. The highest BCUT2D eigenvalue weighted by atomic mass is 32.1. The molecular weight excluding hydrogens is 340 g/mol. The lowest BCUT2D eigenvalue weighted by Crippen LogP contribution is -2.42. The molecule has 0 aliphatic heterocycles. The summed E-state index contributed by atoms with van der Waals surface area (Å²) in [5.41, 5.74) is 3.59. The minimum atomic E-state index is -0.182. The van der Waals surface area contributed by atoms with E-state index in [9.17, 15) is 9.90 Å². The molecule has 2 nitrogen and oxygen atoms in total. The number of allylic oxidation sites excluding steroid dienone is 1. The van der Waals surface area contributed by atoms with Crippen LogP contribution in [0, 0.1) is 17.3 Å². The normalized spacial score (nSPS) is 34.4. The predicted octanol–water partition coefficient (Wildman–Crippen LogP) is 5.57. The van der Waals surface area contributed by atoms with E-state index in [1.807, 2.05) is 12.1 Å². The van der Waals surface area contributed by atoms with Crippen molar-refractivity contribution in [2.45, 2.75) is 44.9 Å². The fourth-order valence-electron chi connectivity index (χ4n) is 5.91. The van der Waals surface area contributed by atoms with Crippen LogP contribution in [0.4, 0.5) is 0 Å². The third-order valence-electron chi connectivity index (χ3n) is 7.21. The molecule has 0 amide bonds. The van der Waals surface area contributed by atoms with Crippen LogP contribution >= 0.6 is 11.3 Å². The predicted molar refractivity (Wildman–Crippen MR) is 105 cm³/mol. The summed E-state index contributed by atoms with van der Waals surface area (Å²) in [6, 6.07) is 10.1. The molecule has 4 atom stereocenters. The van der Waals surface area contributed by atoms with Crippen molar-refractivity contribution in [3.8, 4) is 5.75 Å². The molecule has 3 heteroatoms. The molecule has 2 fully saturated rings. The first kappa shape index (κ1) is 16.3. The molecule has 26 heavy (non-hydrogen) atoms. The average Bonchev–Trinajstić information content (AvgIpc) is 3.23. The van der Waals surface area contributed by atoms with Crippen molar-refractivity contribution in [2.24, 2.45) is 17.3 Å². The van der Waals surface area contributed by atoms with E-state index in [-0.39, 0.29) is 5.41 Å². The number of aromatic hydroxyl groups is 1. The molecule has 0 bridgehead atoms. The summed E-state index contributed by atoms with van der Waals surface area (Å²) < 4.78 is 0. The highest BCUT2D eigenvalue weighted by molar-refractivity contribution is 7.10. The molecule has 3 aliphatic carbocycles. The molecule has 134 valence electrons. The van der Waals surface area contributed by atoms with Crippen molar-refractivity contribution in [1.29, 1.82) is 0 Å². The lowest BCUT2D eigenvalue weighted by Gasteiger charge is -2.48. The number of fused-ring (bicyclic) bond motifs is 5. The molecule has 0 radical (unpaired) electrons. The Bertz CT molecular complexity index is 895. The lowest BCUT2D eigenvalue weighted by atomic mass is 9.55. The largest absolute Gasteiger partial charge is 0.508 e. The van der Waals surface area contributed by atoms with E-state index in [2.05, 4.69) is 36.6 Å². The molecule has 2 saturated carbocycles. The fourth-order valence-corrected chi connectivity index (χ4v) is 6.60. The Kier molecular flexibility index (Phi) is 3.65. The number of benzene rings is 1. The Morgan fingerprint density at radius 3 is 2.96 bits per heavy atom. The second-order valence-electron chi connectivity index (χ2n) is 8.47. The molecular formula is C23H24O2S. The van der Waals surface area contributed by atoms with Crippen LogP contribution in [-0.4, -0.2) is 10.9 Å².